The van der Waals surface area contributed by atoms with Gasteiger partial charge in [0, 0.05) is 19.0 Å². The van der Waals surface area contributed by atoms with Crippen LogP contribution in [0.5, 0.6) is 0 Å². The summed E-state index contributed by atoms with van der Waals surface area (Å²) in [6, 6.07) is 20.7. The topological polar surface area (TPSA) is 67.2 Å². The minimum absolute atomic E-state index is 0.546. The molecule has 2 N–H and O–H groups in total. The zero-order valence-corrected chi connectivity index (χ0v) is 17.4. The number of nitrogens with zero attached hydrogens (tertiary/aromatic N) is 2. The van der Waals surface area contributed by atoms with Crippen molar-refractivity contribution in [1.29, 1.82) is 0 Å². The van der Waals surface area contributed by atoms with Crippen LogP contribution in [0, 0.1) is 0 Å². The number of aromatic nitrogens is 2. The highest BCUT2D eigenvalue weighted by atomic mass is 16.5. The first-order valence-electron chi connectivity index (χ1n) is 10.3. The van der Waals surface area contributed by atoms with Gasteiger partial charge in [0.05, 0.1) is 11.4 Å². The van der Waals surface area contributed by atoms with Crippen LogP contribution in [0.4, 0.5) is 0 Å². The Kier molecular flexibility index (Phi) is 8.14. The van der Waals surface area contributed by atoms with E-state index in [2.05, 4.69) is 47.5 Å². The number of nitrogens with one attached hydrogen (secondary N) is 1. The third kappa shape index (κ3) is 6.39. The fourth-order valence-corrected chi connectivity index (χ4v) is 3.38. The highest BCUT2D eigenvalue weighted by Gasteiger charge is 2.14. The molecule has 0 aliphatic carbocycles. The third-order valence-corrected chi connectivity index (χ3v) is 4.90. The third-order valence-electron chi connectivity index (χ3n) is 4.90. The maximum Gasteiger partial charge on any atom is 0.267 e. The van der Waals surface area contributed by atoms with E-state index in [9.17, 15) is 4.79 Å². The van der Waals surface area contributed by atoms with Gasteiger partial charge in [0.25, 0.3) is 5.91 Å². The molecule has 0 aliphatic heterocycles. The average Bonchev–Trinajstić information content (AvgIpc) is 3.14. The smallest absolute Gasteiger partial charge is 0.267 e. The van der Waals surface area contributed by atoms with E-state index in [1.807, 2.05) is 42.5 Å². The predicted molar refractivity (Wildman–Crippen MR) is 124 cm³/mol. The Morgan fingerprint density at radius 2 is 1.68 bits per heavy atom. The molecule has 0 saturated heterocycles. The second kappa shape index (κ2) is 11.5. The Morgan fingerprint density at radius 1 is 1.00 bits per heavy atom. The van der Waals surface area contributed by atoms with E-state index in [1.54, 1.807) is 11.6 Å². The molecule has 3 rings (SSSR count). The molecule has 1 aromatic heterocycles. The van der Waals surface area contributed by atoms with Crippen molar-refractivity contribution in [2.75, 3.05) is 0 Å². The van der Waals surface area contributed by atoms with Crippen LogP contribution in [0.1, 0.15) is 34.8 Å². The van der Waals surface area contributed by atoms with Crippen molar-refractivity contribution in [3.63, 3.8) is 0 Å². The molecule has 158 valence electrons. The Morgan fingerprint density at radius 3 is 2.32 bits per heavy atom. The molecular weight excluding hydrogens is 386 g/mol. The number of hydroxylamine groups is 1. The minimum atomic E-state index is -0.546. The number of allylic oxidation sites excluding steroid dienone is 2. The van der Waals surface area contributed by atoms with Gasteiger partial charge in [-0.1, -0.05) is 79.4 Å². The van der Waals surface area contributed by atoms with Gasteiger partial charge in [0.1, 0.15) is 5.82 Å². The molecule has 31 heavy (non-hydrogen) atoms. The van der Waals surface area contributed by atoms with E-state index in [-0.39, 0.29) is 0 Å². The number of hydrogen-bond donors (Lipinski definition) is 2. The predicted octanol–water partition coefficient (Wildman–Crippen LogP) is 4.82. The maximum absolute atomic E-state index is 11.1. The van der Waals surface area contributed by atoms with Gasteiger partial charge in [0.15, 0.2) is 0 Å². The molecular formula is C26H27N3O2. The molecule has 0 radical (unpaired) electrons. The van der Waals surface area contributed by atoms with Crippen molar-refractivity contribution >= 4 is 18.1 Å². The van der Waals surface area contributed by atoms with Crippen LogP contribution >= 0.6 is 0 Å². The number of rotatable bonds is 10. The number of aryl methyl sites for hydroxylation is 2. The van der Waals surface area contributed by atoms with Crippen LogP contribution in [-0.4, -0.2) is 20.7 Å². The lowest BCUT2D eigenvalue weighted by Crippen LogP contribution is -2.14. The fraction of sp³-hybridized carbons (Fsp3) is 0.154. The van der Waals surface area contributed by atoms with Crippen molar-refractivity contribution in [1.82, 2.24) is 15.0 Å². The number of hydrogen-bond acceptors (Lipinski definition) is 3. The Labute approximate surface area is 183 Å². The van der Waals surface area contributed by atoms with E-state index >= 15 is 0 Å². The van der Waals surface area contributed by atoms with E-state index in [1.165, 1.54) is 17.2 Å². The van der Waals surface area contributed by atoms with Gasteiger partial charge in [-0.15, -0.1) is 0 Å². The van der Waals surface area contributed by atoms with Gasteiger partial charge < -0.3 is 4.57 Å². The lowest BCUT2D eigenvalue weighted by Gasteiger charge is -2.11. The summed E-state index contributed by atoms with van der Waals surface area (Å²) in [4.78, 5) is 16.0. The lowest BCUT2D eigenvalue weighted by molar-refractivity contribution is -0.124. The minimum Gasteiger partial charge on any atom is -0.323 e. The molecule has 0 spiro atoms. The van der Waals surface area contributed by atoms with Gasteiger partial charge >= 0.3 is 0 Å². The molecule has 5 heteroatoms. The Hall–Kier alpha value is -3.70. The molecule has 1 amide bonds. The zero-order valence-electron chi connectivity index (χ0n) is 17.4. The van der Waals surface area contributed by atoms with E-state index < -0.39 is 5.91 Å². The van der Waals surface area contributed by atoms with Crippen molar-refractivity contribution in [3.05, 3.63) is 114 Å². The average molecular weight is 414 g/mol. The monoisotopic (exact) mass is 413 g/mol. The lowest BCUT2D eigenvalue weighted by atomic mass is 10.1. The van der Waals surface area contributed by atoms with Crippen LogP contribution in [-0.2, 0) is 24.2 Å². The quantitative estimate of drug-likeness (QED) is 0.284. The number of carbonyl (C=O) groups is 1. The second-order valence-electron chi connectivity index (χ2n) is 7.08. The van der Waals surface area contributed by atoms with Crippen molar-refractivity contribution in [2.45, 2.75) is 25.8 Å². The zero-order chi connectivity index (χ0) is 21.9. The molecule has 2 aromatic carbocycles. The number of carbonyl (C=O) groups excluding carboxylic acids is 1. The summed E-state index contributed by atoms with van der Waals surface area (Å²) < 4.78 is 2.22. The fourth-order valence-electron chi connectivity index (χ4n) is 3.38. The van der Waals surface area contributed by atoms with Gasteiger partial charge in [-0.05, 0) is 36.1 Å². The van der Waals surface area contributed by atoms with Crippen LogP contribution in [0.15, 0.2) is 85.5 Å². The van der Waals surface area contributed by atoms with Gasteiger partial charge in [-0.3, -0.25) is 10.0 Å². The van der Waals surface area contributed by atoms with E-state index in [4.69, 9.17) is 10.2 Å². The van der Waals surface area contributed by atoms with Crippen LogP contribution in [0.25, 0.3) is 12.2 Å². The summed E-state index contributed by atoms with van der Waals surface area (Å²) in [7, 11) is 0. The van der Waals surface area contributed by atoms with Crippen molar-refractivity contribution in [2.24, 2.45) is 0 Å². The largest absolute Gasteiger partial charge is 0.323 e. The van der Waals surface area contributed by atoms with E-state index in [0.29, 0.717) is 6.42 Å². The number of amides is 1. The van der Waals surface area contributed by atoms with Crippen molar-refractivity contribution in [3.8, 4) is 0 Å². The highest BCUT2D eigenvalue weighted by Crippen LogP contribution is 2.19. The number of benzene rings is 2. The molecule has 0 saturated carbocycles. The molecule has 0 fully saturated rings. The Bertz CT molecular complexity index is 1050. The molecule has 0 atom stereocenters. The molecule has 0 bridgehead atoms. The first kappa shape index (κ1) is 22.0. The van der Waals surface area contributed by atoms with Gasteiger partial charge in [0.2, 0.25) is 0 Å². The summed E-state index contributed by atoms with van der Waals surface area (Å²) in [5.41, 5.74) is 5.89. The summed E-state index contributed by atoms with van der Waals surface area (Å²) in [5, 5.41) is 8.53. The summed E-state index contributed by atoms with van der Waals surface area (Å²) in [6.45, 7) is 4.74. The molecule has 5 nitrogen and oxygen atoms in total. The normalized spacial score (nSPS) is 11.3. The standard InChI is InChI=1S/C26H27N3O2/c1-2-24-23(16-10-5-11-17-26(30)28-31)27-25(19-18-21-12-6-3-7-13-21)29(24)20-22-14-8-4-9-15-22/h2-4,6-17,31H,1,5,18-20H2,(H,28,30)/b16-10-,17-11+. The molecule has 0 unspecified atom stereocenters. The van der Waals surface area contributed by atoms with Gasteiger partial charge in [-0.2, -0.15) is 0 Å². The van der Waals surface area contributed by atoms with E-state index in [0.717, 1.165) is 36.6 Å². The Balaban J connectivity index is 1.85. The SMILES string of the molecule is C=Cc1c(/C=C\C/C=C/C(=O)NO)nc(CCc2ccccc2)n1Cc1ccccc1. The van der Waals surface area contributed by atoms with Crippen LogP contribution < -0.4 is 5.48 Å². The number of imidazole rings is 1. The first-order valence-corrected chi connectivity index (χ1v) is 10.3. The first-order chi connectivity index (χ1) is 15.2. The van der Waals surface area contributed by atoms with Crippen molar-refractivity contribution < 1.29 is 10.0 Å². The van der Waals surface area contributed by atoms with Gasteiger partial charge in [-0.25, -0.2) is 10.5 Å². The molecule has 1 heterocycles. The highest BCUT2D eigenvalue weighted by molar-refractivity contribution is 5.86. The molecule has 3 aromatic rings. The van der Waals surface area contributed by atoms with Crippen LogP contribution in [0.3, 0.4) is 0 Å². The second-order valence-corrected chi connectivity index (χ2v) is 7.08. The summed E-state index contributed by atoms with van der Waals surface area (Å²) >= 11 is 0. The maximum atomic E-state index is 11.1. The summed E-state index contributed by atoms with van der Waals surface area (Å²) in [6.07, 6.45) is 11.0. The van der Waals surface area contributed by atoms with Crippen LogP contribution in [0.2, 0.25) is 0 Å². The molecule has 0 aliphatic rings. The summed E-state index contributed by atoms with van der Waals surface area (Å²) in [5.74, 6) is 0.466.